The molecule has 1 amide bonds. The van der Waals surface area contributed by atoms with Crippen LogP contribution in [-0.4, -0.2) is 21.9 Å². The summed E-state index contributed by atoms with van der Waals surface area (Å²) in [5.41, 5.74) is 3.16. The highest BCUT2D eigenvalue weighted by Gasteiger charge is 2.17. The summed E-state index contributed by atoms with van der Waals surface area (Å²) in [6.45, 7) is 3.61. The van der Waals surface area contributed by atoms with Crippen molar-refractivity contribution in [1.82, 2.24) is 9.47 Å². The Bertz CT molecular complexity index is 917. The molecule has 1 atom stereocenters. The molecule has 0 radical (unpaired) electrons. The van der Waals surface area contributed by atoms with Gasteiger partial charge >= 0.3 is 0 Å². The third kappa shape index (κ3) is 4.23. The van der Waals surface area contributed by atoms with E-state index in [0.29, 0.717) is 19.4 Å². The third-order valence-electron chi connectivity index (χ3n) is 4.56. The molecule has 3 nitrogen and oxygen atoms in total. The Hall–Kier alpha value is -2.81. The number of para-hydroxylation sites is 1. The Labute approximate surface area is 157 Å². The molecule has 3 rings (SSSR count). The lowest BCUT2D eigenvalue weighted by Crippen LogP contribution is -2.32. The zero-order valence-corrected chi connectivity index (χ0v) is 15.3. The van der Waals surface area contributed by atoms with Gasteiger partial charge in [-0.2, -0.15) is 0 Å². The van der Waals surface area contributed by atoms with E-state index in [-0.39, 0.29) is 5.91 Å². The Balaban J connectivity index is 1.83. The SMILES string of the molecule is [2H]C(CCC=C)N(Cc1ccccc1)C(=O)Cc1cn(C)c2ccccc12. The number of fused-ring (bicyclic) bond motifs is 1. The summed E-state index contributed by atoms with van der Waals surface area (Å²) in [4.78, 5) is 14.8. The summed E-state index contributed by atoms with van der Waals surface area (Å²) in [5, 5.41) is 1.10. The summed E-state index contributed by atoms with van der Waals surface area (Å²) in [6, 6.07) is 18.0. The average molecular weight is 347 g/mol. The van der Waals surface area contributed by atoms with Crippen molar-refractivity contribution in [2.75, 3.05) is 6.52 Å². The summed E-state index contributed by atoms with van der Waals surface area (Å²) in [6.07, 6.45) is 5.44. The highest BCUT2D eigenvalue weighted by molar-refractivity contribution is 5.89. The molecule has 0 saturated carbocycles. The zero-order valence-electron chi connectivity index (χ0n) is 16.3. The Morgan fingerprint density at radius 1 is 1.19 bits per heavy atom. The van der Waals surface area contributed by atoms with E-state index in [1.807, 2.05) is 55.7 Å². The quantitative estimate of drug-likeness (QED) is 0.542. The first kappa shape index (κ1) is 16.6. The molecule has 0 aliphatic heterocycles. The van der Waals surface area contributed by atoms with E-state index in [1.165, 1.54) is 0 Å². The fourth-order valence-corrected chi connectivity index (χ4v) is 3.21. The lowest BCUT2D eigenvalue weighted by atomic mass is 10.1. The van der Waals surface area contributed by atoms with Gasteiger partial charge in [-0.25, -0.2) is 0 Å². The van der Waals surface area contributed by atoms with Crippen molar-refractivity contribution in [3.05, 3.63) is 84.6 Å². The lowest BCUT2D eigenvalue weighted by molar-refractivity contribution is -0.131. The summed E-state index contributed by atoms with van der Waals surface area (Å²) in [5.74, 6) is -0.0146. The Kier molecular flexibility index (Phi) is 5.46. The van der Waals surface area contributed by atoms with E-state index in [2.05, 4.69) is 23.3 Å². The van der Waals surface area contributed by atoms with Crippen molar-refractivity contribution in [2.45, 2.75) is 25.8 Å². The molecule has 134 valence electrons. The van der Waals surface area contributed by atoms with Crippen molar-refractivity contribution in [1.29, 1.82) is 0 Å². The number of benzene rings is 2. The predicted molar refractivity (Wildman–Crippen MR) is 108 cm³/mol. The van der Waals surface area contributed by atoms with Crippen molar-refractivity contribution in [2.24, 2.45) is 7.05 Å². The fourth-order valence-electron chi connectivity index (χ4n) is 3.21. The second kappa shape index (κ2) is 8.52. The van der Waals surface area contributed by atoms with Gasteiger partial charge in [0.25, 0.3) is 0 Å². The summed E-state index contributed by atoms with van der Waals surface area (Å²) in [7, 11) is 2.00. The number of aryl methyl sites for hydroxylation is 1. The minimum atomic E-state index is -0.578. The highest BCUT2D eigenvalue weighted by atomic mass is 16.2. The zero-order chi connectivity index (χ0) is 19.2. The van der Waals surface area contributed by atoms with Crippen LogP contribution in [0.15, 0.2) is 73.4 Å². The monoisotopic (exact) mass is 347 g/mol. The van der Waals surface area contributed by atoms with Crippen LogP contribution in [0.1, 0.15) is 25.3 Å². The first-order valence-electron chi connectivity index (χ1n) is 9.57. The van der Waals surface area contributed by atoms with Gasteiger partial charge in [0.2, 0.25) is 5.91 Å². The third-order valence-corrected chi connectivity index (χ3v) is 4.56. The number of amides is 1. The van der Waals surface area contributed by atoms with Crippen LogP contribution in [0, 0.1) is 0 Å². The number of aromatic nitrogens is 1. The van der Waals surface area contributed by atoms with Crippen molar-refractivity contribution < 1.29 is 6.17 Å². The van der Waals surface area contributed by atoms with E-state index in [9.17, 15) is 4.79 Å². The molecular weight excluding hydrogens is 320 g/mol. The molecule has 0 N–H and O–H groups in total. The number of carbonyl (C=O) groups excluding carboxylic acids is 1. The molecule has 26 heavy (non-hydrogen) atoms. The maximum atomic E-state index is 13.1. The van der Waals surface area contributed by atoms with Gasteiger partial charge in [-0.05, 0) is 30.0 Å². The van der Waals surface area contributed by atoms with Gasteiger partial charge in [-0.1, -0.05) is 54.6 Å². The maximum Gasteiger partial charge on any atom is 0.227 e. The topological polar surface area (TPSA) is 25.2 Å². The lowest BCUT2D eigenvalue weighted by Gasteiger charge is -2.23. The average Bonchev–Trinajstić information content (AvgIpc) is 3.00. The van der Waals surface area contributed by atoms with Crippen LogP contribution < -0.4 is 0 Å². The number of rotatable bonds is 8. The molecule has 2 aromatic carbocycles. The number of hydrogen-bond acceptors (Lipinski definition) is 1. The van der Waals surface area contributed by atoms with Crippen molar-refractivity contribution in [3.8, 4) is 0 Å². The largest absolute Gasteiger partial charge is 0.350 e. The van der Waals surface area contributed by atoms with Crippen LogP contribution in [0.4, 0.5) is 0 Å². The normalized spacial score (nSPS) is 12.6. The van der Waals surface area contributed by atoms with E-state index in [0.717, 1.165) is 28.5 Å². The van der Waals surface area contributed by atoms with Gasteiger partial charge in [0.05, 0.1) is 6.42 Å². The highest BCUT2D eigenvalue weighted by Crippen LogP contribution is 2.21. The number of hydrogen-bond donors (Lipinski definition) is 0. The van der Waals surface area contributed by atoms with E-state index in [4.69, 9.17) is 1.37 Å². The molecule has 1 unspecified atom stereocenters. The van der Waals surface area contributed by atoms with Crippen LogP contribution in [0.25, 0.3) is 10.9 Å². The number of nitrogens with zero attached hydrogens (tertiary/aromatic N) is 2. The van der Waals surface area contributed by atoms with Crippen LogP contribution in [0.2, 0.25) is 0 Å². The summed E-state index contributed by atoms with van der Waals surface area (Å²) >= 11 is 0. The smallest absolute Gasteiger partial charge is 0.227 e. The molecule has 0 bridgehead atoms. The predicted octanol–water partition coefficient (Wildman–Crippen LogP) is 4.72. The molecule has 1 heterocycles. The molecule has 0 fully saturated rings. The fraction of sp³-hybridized carbons (Fsp3) is 0.261. The number of carbonyl (C=O) groups is 1. The van der Waals surface area contributed by atoms with E-state index >= 15 is 0 Å². The van der Waals surface area contributed by atoms with Gasteiger partial charge in [-0.15, -0.1) is 6.58 Å². The maximum absolute atomic E-state index is 13.1. The van der Waals surface area contributed by atoms with Gasteiger partial charge in [0.15, 0.2) is 0 Å². The second-order valence-electron chi connectivity index (χ2n) is 6.52. The second-order valence-corrected chi connectivity index (χ2v) is 6.52. The Morgan fingerprint density at radius 3 is 2.69 bits per heavy atom. The van der Waals surface area contributed by atoms with E-state index in [1.54, 1.807) is 11.0 Å². The van der Waals surface area contributed by atoms with Crippen molar-refractivity contribution >= 4 is 16.8 Å². The minimum Gasteiger partial charge on any atom is -0.350 e. The molecule has 0 aliphatic carbocycles. The van der Waals surface area contributed by atoms with Crippen molar-refractivity contribution in [3.63, 3.8) is 0 Å². The molecular formula is C23H26N2O. The molecule has 0 spiro atoms. The molecule has 3 aromatic rings. The molecule has 0 aliphatic rings. The Morgan fingerprint density at radius 2 is 1.92 bits per heavy atom. The van der Waals surface area contributed by atoms with Gasteiger partial charge in [0.1, 0.15) is 0 Å². The number of allylic oxidation sites excluding steroid dienone is 1. The van der Waals surface area contributed by atoms with Gasteiger partial charge < -0.3 is 9.47 Å². The molecule has 0 saturated heterocycles. The van der Waals surface area contributed by atoms with Crippen LogP contribution in [0.3, 0.4) is 0 Å². The first-order chi connectivity index (χ1) is 13.1. The van der Waals surface area contributed by atoms with Crippen LogP contribution >= 0.6 is 0 Å². The minimum absolute atomic E-state index is 0.0146. The summed E-state index contributed by atoms with van der Waals surface area (Å²) < 4.78 is 10.5. The van der Waals surface area contributed by atoms with Gasteiger partial charge in [-0.3, -0.25) is 4.79 Å². The molecule has 1 aromatic heterocycles. The van der Waals surface area contributed by atoms with Crippen LogP contribution in [-0.2, 0) is 24.8 Å². The first-order valence-corrected chi connectivity index (χ1v) is 8.99. The van der Waals surface area contributed by atoms with E-state index < -0.39 is 6.52 Å². The van der Waals surface area contributed by atoms with Crippen LogP contribution in [0.5, 0.6) is 0 Å². The standard InChI is InChI=1S/C23H26N2O/c1-3-4-10-15-25(17-19-11-6-5-7-12-19)23(26)16-20-18-24(2)22-14-9-8-13-21(20)22/h3,5-9,11-14,18H,1,4,10,15-17H2,2H3/i15D. The molecule has 3 heteroatoms. The van der Waals surface area contributed by atoms with Gasteiger partial charge in [0, 0.05) is 38.6 Å².